The fraction of sp³-hybridized carbons (Fsp3) is 0.417. The number of sulfonamides is 1. The normalized spacial score (nSPS) is 13.2. The number of amides is 1. The molecule has 20 heavy (non-hydrogen) atoms. The lowest BCUT2D eigenvalue weighted by atomic mass is 10.2. The summed E-state index contributed by atoms with van der Waals surface area (Å²) in [5.41, 5.74) is 6.10. The van der Waals surface area contributed by atoms with Gasteiger partial charge in [0.2, 0.25) is 15.9 Å². The van der Waals surface area contributed by atoms with Gasteiger partial charge in [-0.1, -0.05) is 6.92 Å². The Bertz CT molecular complexity index is 604. The van der Waals surface area contributed by atoms with E-state index in [-0.39, 0.29) is 17.3 Å². The molecule has 1 aromatic carbocycles. The second kappa shape index (κ2) is 6.55. The molecule has 1 unspecified atom stereocenters. The Labute approximate surface area is 127 Å². The number of nitrogens with two attached hydrogens (primary N) is 1. The summed E-state index contributed by atoms with van der Waals surface area (Å²) in [5.74, 6) is -0.637. The number of anilines is 1. The summed E-state index contributed by atoms with van der Waals surface area (Å²) in [4.78, 5) is 11.6. The number of hydrogen-bond donors (Lipinski definition) is 2. The molecule has 8 heteroatoms. The minimum atomic E-state index is -3.65. The second-order valence-electron chi connectivity index (χ2n) is 4.48. The molecule has 1 amide bonds. The van der Waals surface area contributed by atoms with Crippen LogP contribution in [0.3, 0.4) is 0 Å². The SMILES string of the molecule is CNC(=O)C(C)CN(C)S(=O)(=O)c1ccc(N)c(Br)c1. The standard InChI is InChI=1S/C12H18BrN3O3S/c1-8(12(17)15-2)7-16(3)20(18,19)9-4-5-11(14)10(13)6-9/h4-6,8H,7,14H2,1-3H3,(H,15,17). The van der Waals surface area contributed by atoms with Crippen molar-refractivity contribution >= 4 is 37.5 Å². The summed E-state index contributed by atoms with van der Waals surface area (Å²) in [7, 11) is -0.686. The van der Waals surface area contributed by atoms with Crippen molar-refractivity contribution in [2.45, 2.75) is 11.8 Å². The van der Waals surface area contributed by atoms with Crippen molar-refractivity contribution in [2.75, 3.05) is 26.4 Å². The van der Waals surface area contributed by atoms with Gasteiger partial charge in [0.1, 0.15) is 0 Å². The fourth-order valence-electron chi connectivity index (χ4n) is 1.66. The van der Waals surface area contributed by atoms with Crippen LogP contribution in [0.15, 0.2) is 27.6 Å². The number of carbonyl (C=O) groups is 1. The number of halogens is 1. The highest BCUT2D eigenvalue weighted by Crippen LogP contribution is 2.25. The van der Waals surface area contributed by atoms with E-state index in [1.54, 1.807) is 6.92 Å². The summed E-state index contributed by atoms with van der Waals surface area (Å²) >= 11 is 3.20. The van der Waals surface area contributed by atoms with Gasteiger partial charge in [0, 0.05) is 36.7 Å². The highest BCUT2D eigenvalue weighted by Gasteiger charge is 2.25. The average molecular weight is 364 g/mol. The van der Waals surface area contributed by atoms with Crippen LogP contribution in [0.5, 0.6) is 0 Å². The lowest BCUT2D eigenvalue weighted by Gasteiger charge is -2.20. The Kier molecular flexibility index (Phi) is 5.55. The monoisotopic (exact) mass is 363 g/mol. The topological polar surface area (TPSA) is 92.5 Å². The van der Waals surface area contributed by atoms with Gasteiger partial charge < -0.3 is 11.1 Å². The Morgan fingerprint density at radius 3 is 2.60 bits per heavy atom. The van der Waals surface area contributed by atoms with E-state index in [9.17, 15) is 13.2 Å². The molecule has 0 aliphatic heterocycles. The Balaban J connectivity index is 2.98. The van der Waals surface area contributed by atoms with E-state index in [0.717, 1.165) is 4.31 Å². The summed E-state index contributed by atoms with van der Waals surface area (Å²) in [6.07, 6.45) is 0. The van der Waals surface area contributed by atoms with Crippen LogP contribution in [-0.4, -0.2) is 39.3 Å². The first-order chi connectivity index (χ1) is 9.20. The first-order valence-electron chi connectivity index (χ1n) is 5.93. The molecule has 112 valence electrons. The maximum atomic E-state index is 12.4. The zero-order chi connectivity index (χ0) is 15.5. The molecule has 1 atom stereocenters. The molecule has 0 radical (unpaired) electrons. The smallest absolute Gasteiger partial charge is 0.242 e. The molecule has 1 aromatic rings. The first kappa shape index (κ1) is 16.9. The molecule has 0 spiro atoms. The zero-order valence-electron chi connectivity index (χ0n) is 11.6. The van der Waals surface area contributed by atoms with Gasteiger partial charge in [-0.3, -0.25) is 4.79 Å². The first-order valence-corrected chi connectivity index (χ1v) is 8.16. The van der Waals surface area contributed by atoms with Crippen molar-refractivity contribution in [1.82, 2.24) is 9.62 Å². The predicted molar refractivity (Wildman–Crippen MR) is 81.6 cm³/mol. The molecule has 0 aliphatic carbocycles. The molecular formula is C12H18BrN3O3S. The highest BCUT2D eigenvalue weighted by molar-refractivity contribution is 9.10. The number of carbonyl (C=O) groups excluding carboxylic acids is 1. The third kappa shape index (κ3) is 3.71. The number of rotatable bonds is 5. The Hall–Kier alpha value is -1.12. The van der Waals surface area contributed by atoms with Gasteiger partial charge in [-0.05, 0) is 34.1 Å². The maximum Gasteiger partial charge on any atom is 0.242 e. The van der Waals surface area contributed by atoms with Gasteiger partial charge in [0.05, 0.1) is 4.90 Å². The van der Waals surface area contributed by atoms with Gasteiger partial charge in [0.15, 0.2) is 0 Å². The van der Waals surface area contributed by atoms with Gasteiger partial charge in [-0.25, -0.2) is 12.7 Å². The van der Waals surface area contributed by atoms with Crippen LogP contribution >= 0.6 is 15.9 Å². The molecule has 1 rings (SSSR count). The predicted octanol–water partition coefficient (Wildman–Crippen LogP) is 1.03. The Morgan fingerprint density at radius 1 is 1.50 bits per heavy atom. The zero-order valence-corrected chi connectivity index (χ0v) is 14.0. The summed E-state index contributed by atoms with van der Waals surface area (Å²) in [5, 5.41) is 2.49. The van der Waals surface area contributed by atoms with E-state index in [1.807, 2.05) is 0 Å². The molecule has 6 nitrogen and oxygen atoms in total. The highest BCUT2D eigenvalue weighted by atomic mass is 79.9. The minimum absolute atomic E-state index is 0.101. The van der Waals surface area contributed by atoms with E-state index in [1.165, 1.54) is 32.3 Å². The summed E-state index contributed by atoms with van der Waals surface area (Å²) < 4.78 is 26.4. The number of hydrogen-bond acceptors (Lipinski definition) is 4. The van der Waals surface area contributed by atoms with E-state index >= 15 is 0 Å². The summed E-state index contributed by atoms with van der Waals surface area (Å²) in [6.45, 7) is 1.77. The van der Waals surface area contributed by atoms with E-state index in [2.05, 4.69) is 21.2 Å². The Morgan fingerprint density at radius 2 is 2.10 bits per heavy atom. The molecule has 0 saturated heterocycles. The van der Waals surface area contributed by atoms with E-state index in [4.69, 9.17) is 5.73 Å². The van der Waals surface area contributed by atoms with Crippen LogP contribution in [0, 0.1) is 5.92 Å². The van der Waals surface area contributed by atoms with Gasteiger partial charge >= 0.3 is 0 Å². The maximum absolute atomic E-state index is 12.4. The van der Waals surface area contributed by atoms with Crippen molar-refractivity contribution in [3.8, 4) is 0 Å². The van der Waals surface area contributed by atoms with Crippen LogP contribution in [-0.2, 0) is 14.8 Å². The molecular weight excluding hydrogens is 346 g/mol. The number of nitrogen functional groups attached to an aromatic ring is 1. The molecule has 0 saturated carbocycles. The molecule has 0 aromatic heterocycles. The molecule has 0 aliphatic rings. The lowest BCUT2D eigenvalue weighted by Crippen LogP contribution is -2.37. The van der Waals surface area contributed by atoms with Gasteiger partial charge in [-0.2, -0.15) is 0 Å². The van der Waals surface area contributed by atoms with Gasteiger partial charge in [-0.15, -0.1) is 0 Å². The van der Waals surface area contributed by atoms with Gasteiger partial charge in [0.25, 0.3) is 0 Å². The number of benzene rings is 1. The third-order valence-electron chi connectivity index (χ3n) is 2.91. The molecule has 3 N–H and O–H groups in total. The van der Waals surface area contributed by atoms with Crippen molar-refractivity contribution < 1.29 is 13.2 Å². The second-order valence-corrected chi connectivity index (χ2v) is 7.38. The lowest BCUT2D eigenvalue weighted by molar-refractivity contribution is -0.124. The molecule has 0 bridgehead atoms. The van der Waals surface area contributed by atoms with E-state index < -0.39 is 15.9 Å². The van der Waals surface area contributed by atoms with Crippen LogP contribution in [0.1, 0.15) is 6.92 Å². The van der Waals surface area contributed by atoms with Crippen molar-refractivity contribution in [2.24, 2.45) is 5.92 Å². The van der Waals surface area contributed by atoms with Crippen LogP contribution < -0.4 is 11.1 Å². The third-order valence-corrected chi connectivity index (χ3v) is 5.41. The number of nitrogens with zero attached hydrogens (tertiary/aromatic N) is 1. The average Bonchev–Trinajstić information content (AvgIpc) is 2.40. The minimum Gasteiger partial charge on any atom is -0.398 e. The van der Waals surface area contributed by atoms with E-state index in [0.29, 0.717) is 10.2 Å². The fourth-order valence-corrected chi connectivity index (χ4v) is 3.48. The summed E-state index contributed by atoms with van der Waals surface area (Å²) in [6, 6.07) is 4.41. The van der Waals surface area contributed by atoms with Crippen LogP contribution in [0.25, 0.3) is 0 Å². The van der Waals surface area contributed by atoms with Crippen LogP contribution in [0.2, 0.25) is 0 Å². The van der Waals surface area contributed by atoms with Crippen LogP contribution in [0.4, 0.5) is 5.69 Å². The van der Waals surface area contributed by atoms with Crippen molar-refractivity contribution in [1.29, 1.82) is 0 Å². The molecule has 0 heterocycles. The molecule has 0 fully saturated rings. The quantitative estimate of drug-likeness (QED) is 0.764. The van der Waals surface area contributed by atoms with Crippen molar-refractivity contribution in [3.63, 3.8) is 0 Å². The number of nitrogens with one attached hydrogen (secondary N) is 1. The largest absolute Gasteiger partial charge is 0.398 e. The van der Waals surface area contributed by atoms with Crippen molar-refractivity contribution in [3.05, 3.63) is 22.7 Å².